The molecule has 2 aromatic heterocycles. The molecule has 0 saturated heterocycles. The van der Waals surface area contributed by atoms with Crippen LogP contribution >= 0.6 is 0 Å². The van der Waals surface area contributed by atoms with Gasteiger partial charge in [0.15, 0.2) is 5.75 Å². The third-order valence-corrected chi connectivity index (χ3v) is 2.91. The number of benzene rings is 1. The van der Waals surface area contributed by atoms with Crippen molar-refractivity contribution in [3.05, 3.63) is 48.0 Å². The van der Waals surface area contributed by atoms with Crippen LogP contribution in [0.15, 0.2) is 41.0 Å². The first-order valence-electron chi connectivity index (χ1n) is 6.39. The van der Waals surface area contributed by atoms with E-state index in [-0.39, 0.29) is 6.08 Å². The molecule has 0 fully saturated rings. The molecule has 0 saturated carbocycles. The number of oxazole rings is 1. The maximum Gasteiger partial charge on any atom is 0.399 e. The van der Waals surface area contributed by atoms with E-state index in [0.29, 0.717) is 12.3 Å². The summed E-state index contributed by atoms with van der Waals surface area (Å²) >= 11 is 0. The second-order valence-electron chi connectivity index (χ2n) is 4.52. The molecule has 102 valence electrons. The lowest BCUT2D eigenvalue weighted by Crippen LogP contribution is -2.04. The van der Waals surface area contributed by atoms with Gasteiger partial charge in [0, 0.05) is 17.6 Å². The predicted octanol–water partition coefficient (Wildman–Crippen LogP) is 3.04. The Morgan fingerprint density at radius 2 is 2.10 bits per heavy atom. The van der Waals surface area contributed by atoms with Gasteiger partial charge in [-0.15, -0.1) is 0 Å². The summed E-state index contributed by atoms with van der Waals surface area (Å²) in [5.41, 5.74) is 2.55. The summed E-state index contributed by atoms with van der Waals surface area (Å²) in [5.74, 6) is 0.643. The van der Waals surface area contributed by atoms with Crippen LogP contribution in [0.5, 0.6) is 11.8 Å². The largest absolute Gasteiger partial charge is 0.417 e. The van der Waals surface area contributed by atoms with Crippen molar-refractivity contribution >= 4 is 10.9 Å². The molecule has 5 nitrogen and oxygen atoms in total. The Bertz CT molecular complexity index is 737. The number of hydrogen-bond donors (Lipinski definition) is 1. The fourth-order valence-corrected chi connectivity index (χ4v) is 1.99. The van der Waals surface area contributed by atoms with Gasteiger partial charge in [0.05, 0.1) is 5.69 Å². The first-order chi connectivity index (χ1) is 9.76. The molecule has 5 heteroatoms. The first-order valence-corrected chi connectivity index (χ1v) is 6.39. The maximum atomic E-state index is 5.71. The smallest absolute Gasteiger partial charge is 0.399 e. The topological polar surface area (TPSA) is 60.2 Å². The SMILES string of the molecule is CNCc1coc(Oc2cccc3ccc(C)nc23)n1. The van der Waals surface area contributed by atoms with E-state index in [1.165, 1.54) is 0 Å². The second kappa shape index (κ2) is 5.30. The van der Waals surface area contributed by atoms with Crippen LogP contribution < -0.4 is 10.1 Å². The quantitative estimate of drug-likeness (QED) is 0.788. The summed E-state index contributed by atoms with van der Waals surface area (Å²) in [7, 11) is 1.85. The number of ether oxygens (including phenoxy) is 1. The zero-order valence-electron chi connectivity index (χ0n) is 11.4. The Labute approximate surface area is 116 Å². The molecule has 0 aliphatic rings. The lowest BCUT2D eigenvalue weighted by molar-refractivity contribution is 0.333. The number of fused-ring (bicyclic) bond motifs is 1. The van der Waals surface area contributed by atoms with Crippen molar-refractivity contribution in [1.82, 2.24) is 15.3 Å². The summed E-state index contributed by atoms with van der Waals surface area (Å²) in [4.78, 5) is 8.75. The van der Waals surface area contributed by atoms with Gasteiger partial charge in [-0.3, -0.25) is 0 Å². The van der Waals surface area contributed by atoms with E-state index in [1.54, 1.807) is 6.26 Å². The maximum absolute atomic E-state index is 5.71. The monoisotopic (exact) mass is 269 g/mol. The van der Waals surface area contributed by atoms with Gasteiger partial charge in [-0.1, -0.05) is 18.2 Å². The van der Waals surface area contributed by atoms with Crippen LogP contribution in [0, 0.1) is 6.92 Å². The van der Waals surface area contributed by atoms with Gasteiger partial charge in [-0.2, -0.15) is 4.98 Å². The summed E-state index contributed by atoms with van der Waals surface area (Å²) in [6.45, 7) is 2.59. The molecule has 0 aliphatic heterocycles. The van der Waals surface area contributed by atoms with Crippen LogP contribution in [0.1, 0.15) is 11.4 Å². The van der Waals surface area contributed by atoms with Crippen LogP contribution in [-0.2, 0) is 6.54 Å². The second-order valence-corrected chi connectivity index (χ2v) is 4.52. The molecular weight excluding hydrogens is 254 g/mol. The lowest BCUT2D eigenvalue weighted by atomic mass is 10.2. The van der Waals surface area contributed by atoms with Gasteiger partial charge in [0.1, 0.15) is 11.8 Å². The average molecular weight is 269 g/mol. The Morgan fingerprint density at radius 3 is 2.95 bits per heavy atom. The normalized spacial score (nSPS) is 10.9. The van der Waals surface area contributed by atoms with E-state index in [9.17, 15) is 0 Å². The Morgan fingerprint density at radius 1 is 1.20 bits per heavy atom. The van der Waals surface area contributed by atoms with E-state index >= 15 is 0 Å². The van der Waals surface area contributed by atoms with Gasteiger partial charge < -0.3 is 14.5 Å². The molecule has 0 bridgehead atoms. The molecule has 0 aliphatic carbocycles. The standard InChI is InChI=1S/C15H15N3O2/c1-10-6-7-11-4-3-5-13(14(11)17-10)20-15-18-12(8-16-2)9-19-15/h3-7,9,16H,8H2,1-2H3. The molecule has 2 heterocycles. The molecule has 0 amide bonds. The van der Waals surface area contributed by atoms with E-state index < -0.39 is 0 Å². The van der Waals surface area contributed by atoms with Gasteiger partial charge >= 0.3 is 6.08 Å². The van der Waals surface area contributed by atoms with Crippen molar-refractivity contribution in [2.45, 2.75) is 13.5 Å². The molecule has 1 N–H and O–H groups in total. The number of aromatic nitrogens is 2. The van der Waals surface area contributed by atoms with Crippen LogP contribution in [0.25, 0.3) is 10.9 Å². The number of pyridine rings is 1. The Kier molecular flexibility index (Phi) is 3.35. The highest BCUT2D eigenvalue weighted by Gasteiger charge is 2.09. The van der Waals surface area contributed by atoms with Crippen molar-refractivity contribution in [3.63, 3.8) is 0 Å². The molecule has 0 atom stereocenters. The highest BCUT2D eigenvalue weighted by atomic mass is 16.6. The molecule has 1 aromatic carbocycles. The van der Waals surface area contributed by atoms with E-state index in [4.69, 9.17) is 9.15 Å². The molecule has 3 rings (SSSR count). The first kappa shape index (κ1) is 12.6. The van der Waals surface area contributed by atoms with Gasteiger partial charge in [0.25, 0.3) is 0 Å². The number of nitrogens with one attached hydrogen (secondary N) is 1. The van der Waals surface area contributed by atoms with Crippen LogP contribution in [-0.4, -0.2) is 17.0 Å². The number of aryl methyl sites for hydroxylation is 1. The average Bonchev–Trinajstić information content (AvgIpc) is 2.87. The van der Waals surface area contributed by atoms with Crippen molar-refractivity contribution in [3.8, 4) is 11.8 Å². The predicted molar refractivity (Wildman–Crippen MR) is 75.8 cm³/mol. The molecule has 20 heavy (non-hydrogen) atoms. The third-order valence-electron chi connectivity index (χ3n) is 2.91. The zero-order valence-corrected chi connectivity index (χ0v) is 11.4. The van der Waals surface area contributed by atoms with Crippen molar-refractivity contribution in [1.29, 1.82) is 0 Å². The Hall–Kier alpha value is -2.40. The minimum absolute atomic E-state index is 0.228. The van der Waals surface area contributed by atoms with Gasteiger partial charge in [-0.25, -0.2) is 4.98 Å². The van der Waals surface area contributed by atoms with Crippen molar-refractivity contribution in [2.24, 2.45) is 0 Å². The Balaban J connectivity index is 1.95. The van der Waals surface area contributed by atoms with E-state index in [1.807, 2.05) is 44.3 Å². The van der Waals surface area contributed by atoms with Gasteiger partial charge in [-0.05, 0) is 26.1 Å². The summed E-state index contributed by atoms with van der Waals surface area (Å²) in [6, 6.07) is 9.77. The summed E-state index contributed by atoms with van der Waals surface area (Å²) in [5, 5.41) is 4.03. The number of para-hydroxylation sites is 1. The molecular formula is C15H15N3O2. The molecule has 0 spiro atoms. The zero-order chi connectivity index (χ0) is 13.9. The van der Waals surface area contributed by atoms with Crippen LogP contribution in [0.3, 0.4) is 0 Å². The van der Waals surface area contributed by atoms with E-state index in [0.717, 1.165) is 22.3 Å². The lowest BCUT2D eigenvalue weighted by Gasteiger charge is -2.05. The fourth-order valence-electron chi connectivity index (χ4n) is 1.99. The van der Waals surface area contributed by atoms with E-state index in [2.05, 4.69) is 15.3 Å². The number of hydrogen-bond acceptors (Lipinski definition) is 5. The molecule has 0 unspecified atom stereocenters. The fraction of sp³-hybridized carbons (Fsp3) is 0.200. The number of nitrogens with zero attached hydrogens (tertiary/aromatic N) is 2. The van der Waals surface area contributed by atoms with Crippen molar-refractivity contribution < 1.29 is 9.15 Å². The molecule has 0 radical (unpaired) electrons. The molecule has 3 aromatic rings. The van der Waals surface area contributed by atoms with Crippen molar-refractivity contribution in [2.75, 3.05) is 7.05 Å². The van der Waals surface area contributed by atoms with Gasteiger partial charge in [0.2, 0.25) is 0 Å². The third kappa shape index (κ3) is 2.48. The minimum atomic E-state index is 0.228. The summed E-state index contributed by atoms with van der Waals surface area (Å²) < 4.78 is 11.0. The highest BCUT2D eigenvalue weighted by molar-refractivity contribution is 5.84. The highest BCUT2D eigenvalue weighted by Crippen LogP contribution is 2.28. The van der Waals surface area contributed by atoms with Crippen LogP contribution in [0.4, 0.5) is 0 Å². The summed E-state index contributed by atoms with van der Waals surface area (Å²) in [6.07, 6.45) is 1.81. The number of rotatable bonds is 4. The minimum Gasteiger partial charge on any atom is -0.417 e. The van der Waals surface area contributed by atoms with Crippen LogP contribution in [0.2, 0.25) is 0 Å².